The number of likely N-dealkylation sites (tertiary alicyclic amines) is 1. The number of likely N-dealkylation sites (N-methyl/N-ethyl adjacent to an activating group) is 1. The van der Waals surface area contributed by atoms with E-state index >= 15 is 0 Å². The fourth-order valence-electron chi connectivity index (χ4n) is 3.45. The van der Waals surface area contributed by atoms with E-state index in [0.29, 0.717) is 18.3 Å². The molecular formula is C15H23N5O3. The monoisotopic (exact) mass is 321 g/mol. The Morgan fingerprint density at radius 3 is 2.83 bits per heavy atom. The van der Waals surface area contributed by atoms with E-state index in [9.17, 15) is 9.59 Å². The number of urea groups is 1. The van der Waals surface area contributed by atoms with Gasteiger partial charge in [0.25, 0.3) is 5.91 Å². The van der Waals surface area contributed by atoms with Crippen molar-refractivity contribution in [3.63, 3.8) is 0 Å². The molecule has 1 aromatic rings. The van der Waals surface area contributed by atoms with Gasteiger partial charge in [0.05, 0.1) is 6.54 Å². The van der Waals surface area contributed by atoms with Crippen molar-refractivity contribution in [2.75, 3.05) is 20.1 Å². The molecule has 2 saturated heterocycles. The van der Waals surface area contributed by atoms with Gasteiger partial charge in [-0.15, -0.1) is 0 Å². The van der Waals surface area contributed by atoms with Crippen LogP contribution in [0, 0.1) is 5.92 Å². The van der Waals surface area contributed by atoms with E-state index in [4.69, 9.17) is 4.52 Å². The third-order valence-corrected chi connectivity index (χ3v) is 4.92. The molecule has 3 heterocycles. The predicted octanol–water partition coefficient (Wildman–Crippen LogP) is 0.784. The second-order valence-corrected chi connectivity index (χ2v) is 6.53. The molecule has 2 aliphatic rings. The largest absolute Gasteiger partial charge is 0.339 e. The van der Waals surface area contributed by atoms with Crippen LogP contribution in [0.15, 0.2) is 4.52 Å². The van der Waals surface area contributed by atoms with Crippen LogP contribution in [-0.2, 0) is 17.8 Å². The molecule has 1 aromatic heterocycles. The molecule has 0 spiro atoms. The van der Waals surface area contributed by atoms with Crippen LogP contribution in [0.5, 0.6) is 0 Å². The summed E-state index contributed by atoms with van der Waals surface area (Å²) in [6.07, 6.45) is 2.62. The minimum absolute atomic E-state index is 0.0789. The molecule has 0 aromatic carbocycles. The molecule has 0 aliphatic carbocycles. The molecule has 3 rings (SSSR count). The third kappa shape index (κ3) is 2.83. The number of nitrogens with one attached hydrogen (secondary N) is 1. The molecule has 1 N–H and O–H groups in total. The molecule has 8 nitrogen and oxygen atoms in total. The zero-order valence-corrected chi connectivity index (χ0v) is 13.8. The molecule has 0 saturated carbocycles. The highest BCUT2D eigenvalue weighted by Crippen LogP contribution is 2.32. The first-order chi connectivity index (χ1) is 10.9. The van der Waals surface area contributed by atoms with Crippen molar-refractivity contribution in [3.05, 3.63) is 11.7 Å². The smallest absolute Gasteiger partial charge is 0.324 e. The summed E-state index contributed by atoms with van der Waals surface area (Å²) in [6.45, 7) is 6.06. The number of rotatable bonds is 4. The number of carbonyl (C=O) groups is 2. The lowest BCUT2D eigenvalue weighted by Gasteiger charge is -2.39. The van der Waals surface area contributed by atoms with Gasteiger partial charge in [0.2, 0.25) is 5.89 Å². The molecule has 2 unspecified atom stereocenters. The van der Waals surface area contributed by atoms with Gasteiger partial charge in [0.1, 0.15) is 5.54 Å². The number of aromatic nitrogens is 2. The van der Waals surface area contributed by atoms with Gasteiger partial charge in [0.15, 0.2) is 5.82 Å². The van der Waals surface area contributed by atoms with E-state index in [-0.39, 0.29) is 17.9 Å². The Hall–Kier alpha value is -1.96. The maximum atomic E-state index is 12.4. The maximum absolute atomic E-state index is 12.4. The summed E-state index contributed by atoms with van der Waals surface area (Å²) in [5.74, 6) is 1.24. The molecule has 0 bridgehead atoms. The van der Waals surface area contributed by atoms with E-state index in [2.05, 4.69) is 20.4 Å². The van der Waals surface area contributed by atoms with Crippen LogP contribution in [0.2, 0.25) is 0 Å². The Bertz CT molecular complexity index is 616. The zero-order valence-electron chi connectivity index (χ0n) is 13.8. The fraction of sp³-hybridized carbons (Fsp3) is 0.733. The molecule has 2 fully saturated rings. The quantitative estimate of drug-likeness (QED) is 0.824. The van der Waals surface area contributed by atoms with E-state index < -0.39 is 5.54 Å². The van der Waals surface area contributed by atoms with Crippen molar-refractivity contribution in [1.29, 1.82) is 0 Å². The van der Waals surface area contributed by atoms with Gasteiger partial charge < -0.3 is 9.84 Å². The van der Waals surface area contributed by atoms with Crippen molar-refractivity contribution in [1.82, 2.24) is 25.3 Å². The van der Waals surface area contributed by atoms with Crippen molar-refractivity contribution in [3.8, 4) is 0 Å². The van der Waals surface area contributed by atoms with E-state index in [1.165, 1.54) is 11.9 Å². The lowest BCUT2D eigenvalue weighted by molar-refractivity contribution is -0.132. The van der Waals surface area contributed by atoms with Gasteiger partial charge in [-0.05, 0) is 26.3 Å². The Balaban J connectivity index is 1.68. The highest BCUT2D eigenvalue weighted by Gasteiger charge is 2.51. The van der Waals surface area contributed by atoms with Crippen LogP contribution in [-0.4, -0.2) is 57.6 Å². The van der Waals surface area contributed by atoms with Crippen LogP contribution in [0.3, 0.4) is 0 Å². The number of hydrogen-bond donors (Lipinski definition) is 1. The minimum Gasteiger partial charge on any atom is -0.339 e. The van der Waals surface area contributed by atoms with Gasteiger partial charge in [-0.25, -0.2) is 4.79 Å². The Kier molecular flexibility index (Phi) is 4.09. The van der Waals surface area contributed by atoms with Crippen molar-refractivity contribution >= 4 is 11.9 Å². The summed E-state index contributed by atoms with van der Waals surface area (Å²) < 4.78 is 5.14. The minimum atomic E-state index is -0.823. The van der Waals surface area contributed by atoms with Crippen LogP contribution < -0.4 is 5.32 Å². The van der Waals surface area contributed by atoms with E-state index in [1.807, 2.05) is 13.8 Å². The molecule has 23 heavy (non-hydrogen) atoms. The standard InChI is InChI=1S/C15H23N5O3/c1-4-12-16-11(18-23-12)9-20-7-5-6-10(8-20)15(2)13(21)19(3)14(22)17-15/h10H,4-9H2,1-3H3,(H,17,22). The van der Waals surface area contributed by atoms with E-state index in [0.717, 1.165) is 32.4 Å². The first kappa shape index (κ1) is 15.9. The second kappa shape index (κ2) is 5.92. The molecular weight excluding hydrogens is 298 g/mol. The first-order valence-corrected chi connectivity index (χ1v) is 8.08. The molecule has 0 radical (unpaired) electrons. The number of imide groups is 1. The second-order valence-electron chi connectivity index (χ2n) is 6.53. The van der Waals surface area contributed by atoms with Gasteiger partial charge in [0, 0.05) is 25.9 Å². The Morgan fingerprint density at radius 1 is 1.43 bits per heavy atom. The van der Waals surface area contributed by atoms with Gasteiger partial charge in [-0.3, -0.25) is 14.6 Å². The maximum Gasteiger partial charge on any atom is 0.324 e. The number of amides is 3. The van der Waals surface area contributed by atoms with Crippen LogP contribution >= 0.6 is 0 Å². The van der Waals surface area contributed by atoms with E-state index in [1.54, 1.807) is 0 Å². The summed E-state index contributed by atoms with van der Waals surface area (Å²) in [5, 5.41) is 6.85. The summed E-state index contributed by atoms with van der Waals surface area (Å²) in [5.41, 5.74) is -0.823. The van der Waals surface area contributed by atoms with Gasteiger partial charge in [-0.1, -0.05) is 12.1 Å². The molecule has 2 atom stereocenters. The zero-order chi connectivity index (χ0) is 16.6. The molecule has 3 amide bonds. The highest BCUT2D eigenvalue weighted by molar-refractivity contribution is 6.06. The number of aryl methyl sites for hydroxylation is 1. The van der Waals surface area contributed by atoms with Crippen LogP contribution in [0.1, 0.15) is 38.4 Å². The summed E-state index contributed by atoms with van der Waals surface area (Å²) in [4.78, 5) is 32.0. The SMILES string of the molecule is CCc1nc(CN2CCCC(C3(C)NC(=O)N(C)C3=O)C2)no1. The fourth-order valence-corrected chi connectivity index (χ4v) is 3.45. The van der Waals surface area contributed by atoms with Crippen molar-refractivity contribution in [2.45, 2.75) is 45.2 Å². The van der Waals surface area contributed by atoms with Gasteiger partial charge >= 0.3 is 6.03 Å². The topological polar surface area (TPSA) is 91.6 Å². The summed E-state index contributed by atoms with van der Waals surface area (Å²) in [6, 6.07) is -0.319. The highest BCUT2D eigenvalue weighted by atomic mass is 16.5. The Labute approximate surface area is 135 Å². The van der Waals surface area contributed by atoms with Crippen molar-refractivity contribution in [2.24, 2.45) is 5.92 Å². The number of carbonyl (C=O) groups excluding carboxylic acids is 2. The Morgan fingerprint density at radius 2 is 2.22 bits per heavy atom. The molecule has 126 valence electrons. The summed E-state index contributed by atoms with van der Waals surface area (Å²) in [7, 11) is 1.52. The molecule has 8 heteroatoms. The molecule has 2 aliphatic heterocycles. The number of piperidine rings is 1. The lowest BCUT2D eigenvalue weighted by Crippen LogP contribution is -2.55. The van der Waals surface area contributed by atoms with Crippen LogP contribution in [0.4, 0.5) is 4.79 Å². The third-order valence-electron chi connectivity index (χ3n) is 4.92. The average molecular weight is 321 g/mol. The normalized spacial score (nSPS) is 29.2. The van der Waals surface area contributed by atoms with Crippen LogP contribution in [0.25, 0.3) is 0 Å². The number of hydrogen-bond acceptors (Lipinski definition) is 6. The average Bonchev–Trinajstić information content (AvgIpc) is 3.07. The van der Waals surface area contributed by atoms with Crippen molar-refractivity contribution < 1.29 is 14.1 Å². The first-order valence-electron chi connectivity index (χ1n) is 8.08. The number of nitrogens with zero attached hydrogens (tertiary/aromatic N) is 4. The predicted molar refractivity (Wildman–Crippen MR) is 81.4 cm³/mol. The summed E-state index contributed by atoms with van der Waals surface area (Å²) >= 11 is 0. The van der Waals surface area contributed by atoms with Gasteiger partial charge in [-0.2, -0.15) is 4.98 Å². The lowest BCUT2D eigenvalue weighted by atomic mass is 9.80.